The predicted molar refractivity (Wildman–Crippen MR) is 43.4 cm³/mol. The highest BCUT2D eigenvalue weighted by molar-refractivity contribution is 5.03. The van der Waals surface area contributed by atoms with Gasteiger partial charge in [-0.2, -0.15) is 0 Å². The van der Waals surface area contributed by atoms with E-state index in [1.807, 2.05) is 6.92 Å². The lowest BCUT2D eigenvalue weighted by molar-refractivity contribution is 0.0248. The van der Waals surface area contributed by atoms with Crippen molar-refractivity contribution in [2.45, 2.75) is 26.1 Å². The summed E-state index contributed by atoms with van der Waals surface area (Å²) in [7, 11) is 0. The molecule has 0 radical (unpaired) electrons. The van der Waals surface area contributed by atoms with Gasteiger partial charge in [-0.25, -0.2) is 9.97 Å². The highest BCUT2D eigenvalue weighted by Gasteiger charge is 2.15. The Kier molecular flexibility index (Phi) is 2.73. The van der Waals surface area contributed by atoms with Crippen LogP contribution in [0.3, 0.4) is 0 Å². The molecule has 4 heteroatoms. The average Bonchev–Trinajstić information content (AvgIpc) is 2.04. The molecule has 1 aromatic rings. The van der Waals surface area contributed by atoms with E-state index in [4.69, 9.17) is 5.11 Å². The topological polar surface area (TPSA) is 66.2 Å². The van der Waals surface area contributed by atoms with Crippen LogP contribution in [0.5, 0.6) is 0 Å². The highest BCUT2D eigenvalue weighted by Crippen LogP contribution is 2.10. The fourth-order valence-electron chi connectivity index (χ4n) is 0.771. The van der Waals surface area contributed by atoms with E-state index in [9.17, 15) is 5.11 Å². The minimum absolute atomic E-state index is 0.260. The molecule has 0 saturated carbocycles. The van der Waals surface area contributed by atoms with Crippen molar-refractivity contribution in [2.75, 3.05) is 0 Å². The van der Waals surface area contributed by atoms with Crippen LogP contribution in [0.15, 0.2) is 12.4 Å². The monoisotopic (exact) mass is 168 g/mol. The van der Waals surface area contributed by atoms with Crippen LogP contribution in [0.1, 0.15) is 24.4 Å². The van der Waals surface area contributed by atoms with E-state index >= 15 is 0 Å². The van der Waals surface area contributed by atoms with Gasteiger partial charge < -0.3 is 10.2 Å². The lowest BCUT2D eigenvalue weighted by Gasteiger charge is -2.11. The minimum atomic E-state index is -0.995. The Labute approximate surface area is 70.9 Å². The molecular weight excluding hydrogens is 156 g/mol. The van der Waals surface area contributed by atoms with Gasteiger partial charge in [0.1, 0.15) is 6.10 Å². The normalized spacial score (nSPS) is 15.7. The number of aliphatic hydroxyl groups is 2. The molecule has 1 rings (SSSR count). The van der Waals surface area contributed by atoms with E-state index in [0.717, 1.165) is 5.56 Å². The van der Waals surface area contributed by atoms with Crippen molar-refractivity contribution < 1.29 is 10.2 Å². The lowest BCUT2D eigenvalue weighted by atomic mass is 10.2. The standard InChI is InChI=1S/C8H12N2O2/c1-5-3-9-8(10-4-5)7(12)6(2)11/h3-4,6-7,11-12H,1-2H3/t6-,7+/m1/s1. The first-order chi connectivity index (χ1) is 5.61. The van der Waals surface area contributed by atoms with E-state index in [1.54, 1.807) is 12.4 Å². The molecule has 12 heavy (non-hydrogen) atoms. The summed E-state index contributed by atoms with van der Waals surface area (Å²) in [5, 5.41) is 18.3. The molecule has 0 saturated heterocycles. The Hall–Kier alpha value is -1.00. The quantitative estimate of drug-likeness (QED) is 0.662. The maximum Gasteiger partial charge on any atom is 0.159 e. The first kappa shape index (κ1) is 9.09. The zero-order chi connectivity index (χ0) is 9.14. The fraction of sp³-hybridized carbons (Fsp3) is 0.500. The smallest absolute Gasteiger partial charge is 0.159 e. The zero-order valence-corrected chi connectivity index (χ0v) is 7.10. The third-order valence-electron chi connectivity index (χ3n) is 1.52. The van der Waals surface area contributed by atoms with Crippen molar-refractivity contribution in [2.24, 2.45) is 0 Å². The van der Waals surface area contributed by atoms with Crippen LogP contribution in [0.2, 0.25) is 0 Å². The van der Waals surface area contributed by atoms with Gasteiger partial charge in [-0.05, 0) is 19.4 Å². The van der Waals surface area contributed by atoms with Crippen molar-refractivity contribution in [3.63, 3.8) is 0 Å². The Morgan fingerprint density at radius 2 is 1.75 bits per heavy atom. The van der Waals surface area contributed by atoms with E-state index in [0.29, 0.717) is 0 Å². The van der Waals surface area contributed by atoms with Gasteiger partial charge in [-0.15, -0.1) is 0 Å². The Morgan fingerprint density at radius 1 is 1.25 bits per heavy atom. The van der Waals surface area contributed by atoms with Gasteiger partial charge in [-0.3, -0.25) is 0 Å². The van der Waals surface area contributed by atoms with Crippen LogP contribution in [0.4, 0.5) is 0 Å². The van der Waals surface area contributed by atoms with E-state index < -0.39 is 12.2 Å². The maximum atomic E-state index is 9.31. The molecule has 0 aromatic carbocycles. The SMILES string of the molecule is Cc1cnc([C@@H](O)[C@@H](C)O)nc1. The molecule has 1 heterocycles. The van der Waals surface area contributed by atoms with Crippen LogP contribution < -0.4 is 0 Å². The third-order valence-corrected chi connectivity index (χ3v) is 1.52. The van der Waals surface area contributed by atoms with Crippen LogP contribution in [-0.4, -0.2) is 26.3 Å². The summed E-state index contributed by atoms with van der Waals surface area (Å²) >= 11 is 0. The molecule has 4 nitrogen and oxygen atoms in total. The van der Waals surface area contributed by atoms with Crippen molar-refractivity contribution in [1.82, 2.24) is 9.97 Å². The maximum absolute atomic E-state index is 9.31. The Bertz CT molecular complexity index is 246. The number of aromatic nitrogens is 2. The molecule has 0 aliphatic rings. The van der Waals surface area contributed by atoms with Crippen molar-refractivity contribution in [1.29, 1.82) is 0 Å². The van der Waals surface area contributed by atoms with Gasteiger partial charge in [0, 0.05) is 12.4 Å². The number of nitrogens with zero attached hydrogens (tertiary/aromatic N) is 2. The summed E-state index contributed by atoms with van der Waals surface area (Å²) in [5.74, 6) is 0.260. The van der Waals surface area contributed by atoms with Crippen LogP contribution >= 0.6 is 0 Å². The van der Waals surface area contributed by atoms with Gasteiger partial charge in [-0.1, -0.05) is 0 Å². The number of hydrogen-bond donors (Lipinski definition) is 2. The fourth-order valence-corrected chi connectivity index (χ4v) is 0.771. The predicted octanol–water partition coefficient (Wildman–Crippen LogP) is 0.199. The molecule has 0 aliphatic heterocycles. The first-order valence-electron chi connectivity index (χ1n) is 3.76. The summed E-state index contributed by atoms with van der Waals surface area (Å²) in [6.07, 6.45) is 1.38. The molecule has 0 bridgehead atoms. The van der Waals surface area contributed by atoms with Gasteiger partial charge in [0.15, 0.2) is 5.82 Å². The van der Waals surface area contributed by atoms with Crippen molar-refractivity contribution in [3.05, 3.63) is 23.8 Å². The largest absolute Gasteiger partial charge is 0.390 e. The summed E-state index contributed by atoms with van der Waals surface area (Å²) in [6.45, 7) is 3.35. The molecule has 0 fully saturated rings. The highest BCUT2D eigenvalue weighted by atomic mass is 16.3. The zero-order valence-electron chi connectivity index (χ0n) is 7.10. The molecule has 0 amide bonds. The molecular formula is C8H12N2O2. The van der Waals surface area contributed by atoms with Gasteiger partial charge in [0.25, 0.3) is 0 Å². The molecule has 0 spiro atoms. The average molecular weight is 168 g/mol. The van der Waals surface area contributed by atoms with E-state index in [1.165, 1.54) is 6.92 Å². The molecule has 0 unspecified atom stereocenters. The molecule has 66 valence electrons. The second-order valence-corrected chi connectivity index (χ2v) is 2.80. The molecule has 2 N–H and O–H groups in total. The number of rotatable bonds is 2. The summed E-state index contributed by atoms with van der Waals surface area (Å²) in [4.78, 5) is 7.76. The van der Waals surface area contributed by atoms with Crippen LogP contribution in [0.25, 0.3) is 0 Å². The lowest BCUT2D eigenvalue weighted by Crippen LogP contribution is -2.16. The number of aryl methyl sites for hydroxylation is 1. The second-order valence-electron chi connectivity index (χ2n) is 2.80. The van der Waals surface area contributed by atoms with E-state index in [-0.39, 0.29) is 5.82 Å². The second kappa shape index (κ2) is 3.60. The van der Waals surface area contributed by atoms with Crippen LogP contribution in [0, 0.1) is 6.92 Å². The first-order valence-corrected chi connectivity index (χ1v) is 3.76. The summed E-state index contributed by atoms with van der Waals surface area (Å²) in [5.41, 5.74) is 0.927. The van der Waals surface area contributed by atoms with Crippen LogP contribution in [-0.2, 0) is 0 Å². The third kappa shape index (κ3) is 1.99. The minimum Gasteiger partial charge on any atom is -0.390 e. The summed E-state index contributed by atoms with van der Waals surface area (Å²) < 4.78 is 0. The number of hydrogen-bond acceptors (Lipinski definition) is 4. The van der Waals surface area contributed by atoms with E-state index in [2.05, 4.69) is 9.97 Å². The summed E-state index contributed by atoms with van der Waals surface area (Å²) in [6, 6.07) is 0. The van der Waals surface area contributed by atoms with Gasteiger partial charge in [0.05, 0.1) is 6.10 Å². The molecule has 1 aromatic heterocycles. The van der Waals surface area contributed by atoms with Crippen molar-refractivity contribution in [3.8, 4) is 0 Å². The Balaban J connectivity index is 2.82. The van der Waals surface area contributed by atoms with Gasteiger partial charge >= 0.3 is 0 Å². The van der Waals surface area contributed by atoms with Gasteiger partial charge in [0.2, 0.25) is 0 Å². The Morgan fingerprint density at radius 3 is 2.17 bits per heavy atom. The molecule has 0 aliphatic carbocycles. The molecule has 2 atom stereocenters. The number of aliphatic hydroxyl groups excluding tert-OH is 2. The van der Waals surface area contributed by atoms with Crippen molar-refractivity contribution >= 4 is 0 Å².